The summed E-state index contributed by atoms with van der Waals surface area (Å²) in [6.07, 6.45) is 9.69. The Kier molecular flexibility index (Phi) is 5.38. The molecular weight excluding hydrogens is 248 g/mol. The molecule has 0 saturated heterocycles. The molecular formula is C17H28N2O. The smallest absolute Gasteiger partial charge is 0.175 e. The molecule has 0 amide bonds. The normalized spacial score (nSPS) is 31.6. The fourth-order valence-electron chi connectivity index (χ4n) is 3.40. The number of nitrogens with zero attached hydrogens (tertiary/aromatic N) is 1. The van der Waals surface area contributed by atoms with E-state index in [2.05, 4.69) is 6.92 Å². The second-order valence-electron chi connectivity index (χ2n) is 6.54. The molecule has 0 bridgehead atoms. The molecule has 2 aliphatic rings. The number of rotatable bonds is 4. The maximum atomic E-state index is 11.4. The van der Waals surface area contributed by atoms with Crippen LogP contribution in [0.25, 0.3) is 0 Å². The van der Waals surface area contributed by atoms with Crippen molar-refractivity contribution in [3.63, 3.8) is 0 Å². The Balaban J connectivity index is 1.88. The van der Waals surface area contributed by atoms with E-state index in [1.807, 2.05) is 0 Å². The Hall–Kier alpha value is -1.12. The van der Waals surface area contributed by atoms with Gasteiger partial charge in [0.15, 0.2) is 5.78 Å². The summed E-state index contributed by atoms with van der Waals surface area (Å²) in [5.74, 6) is 1.75. The molecule has 0 spiro atoms. The lowest BCUT2D eigenvalue weighted by Crippen LogP contribution is -2.15. The van der Waals surface area contributed by atoms with Gasteiger partial charge in [0, 0.05) is 19.2 Å². The first-order valence-corrected chi connectivity index (χ1v) is 8.11. The van der Waals surface area contributed by atoms with Crippen LogP contribution >= 0.6 is 0 Å². The number of aliphatic imine (C=N–C) groups is 1. The molecule has 0 atom stereocenters. The number of Topliss-reactive ketones (excluding diaryl/α,β-unsaturated/α-hetero) is 1. The molecule has 2 saturated carbocycles. The second kappa shape index (κ2) is 7.05. The Bertz CT molecular complexity index is 415. The molecule has 2 N–H and O–H groups in total. The zero-order valence-electron chi connectivity index (χ0n) is 13.0. The van der Waals surface area contributed by atoms with Crippen molar-refractivity contribution in [1.82, 2.24) is 0 Å². The van der Waals surface area contributed by atoms with Gasteiger partial charge >= 0.3 is 0 Å². The highest BCUT2D eigenvalue weighted by atomic mass is 16.1. The minimum absolute atomic E-state index is 0.0177. The lowest BCUT2D eigenvalue weighted by molar-refractivity contribution is -0.113. The largest absolute Gasteiger partial charge is 0.396 e. The molecule has 0 unspecified atom stereocenters. The van der Waals surface area contributed by atoms with Crippen LogP contribution in [0.5, 0.6) is 0 Å². The number of allylic oxidation sites excluding steroid dienone is 2. The molecule has 3 heteroatoms. The van der Waals surface area contributed by atoms with E-state index in [1.165, 1.54) is 32.1 Å². The number of hydrogen-bond donors (Lipinski definition) is 1. The van der Waals surface area contributed by atoms with Crippen LogP contribution in [0.3, 0.4) is 0 Å². The lowest BCUT2D eigenvalue weighted by Gasteiger charge is -2.25. The molecule has 0 aromatic carbocycles. The van der Waals surface area contributed by atoms with Crippen molar-refractivity contribution in [3.05, 3.63) is 11.3 Å². The summed E-state index contributed by atoms with van der Waals surface area (Å²) >= 11 is 0. The lowest BCUT2D eigenvalue weighted by atomic mass is 9.81. The van der Waals surface area contributed by atoms with Gasteiger partial charge in [-0.2, -0.15) is 0 Å². The van der Waals surface area contributed by atoms with Gasteiger partial charge in [-0.25, -0.2) is 0 Å². The topological polar surface area (TPSA) is 55.5 Å². The van der Waals surface area contributed by atoms with Crippen molar-refractivity contribution in [2.45, 2.75) is 65.2 Å². The first-order chi connectivity index (χ1) is 9.58. The van der Waals surface area contributed by atoms with Gasteiger partial charge in [0.1, 0.15) is 0 Å². The Morgan fingerprint density at radius 3 is 2.60 bits per heavy atom. The van der Waals surface area contributed by atoms with Crippen LogP contribution in [0.15, 0.2) is 16.3 Å². The zero-order chi connectivity index (χ0) is 14.5. The van der Waals surface area contributed by atoms with Crippen LogP contribution in [0.1, 0.15) is 65.2 Å². The second-order valence-corrected chi connectivity index (χ2v) is 6.54. The standard InChI is InChI=1S/C17H28N2O/c1-12-6-8-14(9-7-12)10-11-19-16-5-3-4-15(16)17(18)13(2)20/h12,14H,3-11,18H2,1-2H3/b17-15-,19-16?. The van der Waals surface area contributed by atoms with Gasteiger partial charge in [-0.1, -0.05) is 32.6 Å². The first kappa shape index (κ1) is 15.3. The van der Waals surface area contributed by atoms with Crippen molar-refractivity contribution in [2.24, 2.45) is 22.6 Å². The SMILES string of the molecule is CC(=O)/C(N)=C1\CCCC1=NCCC1CCC(C)CC1. The van der Waals surface area contributed by atoms with E-state index in [-0.39, 0.29) is 5.78 Å². The van der Waals surface area contributed by atoms with Crippen LogP contribution in [0.2, 0.25) is 0 Å². The van der Waals surface area contributed by atoms with Gasteiger partial charge in [-0.15, -0.1) is 0 Å². The summed E-state index contributed by atoms with van der Waals surface area (Å²) in [5.41, 5.74) is 8.45. The number of carbonyl (C=O) groups excluding carboxylic acids is 1. The van der Waals surface area contributed by atoms with Crippen molar-refractivity contribution >= 4 is 11.5 Å². The molecule has 3 nitrogen and oxygen atoms in total. The summed E-state index contributed by atoms with van der Waals surface area (Å²) < 4.78 is 0. The fraction of sp³-hybridized carbons (Fsp3) is 0.765. The third-order valence-corrected chi connectivity index (χ3v) is 4.87. The van der Waals surface area contributed by atoms with Gasteiger partial charge in [-0.05, 0) is 43.1 Å². The van der Waals surface area contributed by atoms with Crippen molar-refractivity contribution in [3.8, 4) is 0 Å². The number of ketones is 1. The highest BCUT2D eigenvalue weighted by Crippen LogP contribution is 2.30. The molecule has 0 aliphatic heterocycles. The van der Waals surface area contributed by atoms with Crippen LogP contribution in [-0.2, 0) is 4.79 Å². The predicted molar refractivity (Wildman–Crippen MR) is 83.8 cm³/mol. The molecule has 2 rings (SSSR count). The van der Waals surface area contributed by atoms with Crippen molar-refractivity contribution < 1.29 is 4.79 Å². The van der Waals surface area contributed by atoms with Crippen LogP contribution in [0, 0.1) is 11.8 Å². The van der Waals surface area contributed by atoms with E-state index in [0.29, 0.717) is 5.70 Å². The van der Waals surface area contributed by atoms with Crippen LogP contribution in [-0.4, -0.2) is 18.0 Å². The van der Waals surface area contributed by atoms with E-state index in [1.54, 1.807) is 6.92 Å². The van der Waals surface area contributed by atoms with Gasteiger partial charge in [0.05, 0.1) is 5.70 Å². The minimum Gasteiger partial charge on any atom is -0.396 e. The summed E-state index contributed by atoms with van der Waals surface area (Å²) in [5, 5.41) is 0. The molecule has 0 radical (unpaired) electrons. The van der Waals surface area contributed by atoms with E-state index in [9.17, 15) is 4.79 Å². The molecule has 2 fully saturated rings. The summed E-state index contributed by atoms with van der Waals surface area (Å²) in [6, 6.07) is 0. The Labute approximate surface area is 122 Å². The van der Waals surface area contributed by atoms with Gasteiger partial charge in [-0.3, -0.25) is 9.79 Å². The number of nitrogens with two attached hydrogens (primary N) is 1. The molecule has 112 valence electrons. The third kappa shape index (κ3) is 3.94. The molecule has 2 aliphatic carbocycles. The fourth-order valence-corrected chi connectivity index (χ4v) is 3.40. The zero-order valence-corrected chi connectivity index (χ0v) is 13.0. The van der Waals surface area contributed by atoms with Gasteiger partial charge in [0.25, 0.3) is 0 Å². The van der Waals surface area contributed by atoms with Crippen LogP contribution in [0.4, 0.5) is 0 Å². The Morgan fingerprint density at radius 2 is 1.95 bits per heavy atom. The highest BCUT2D eigenvalue weighted by molar-refractivity contribution is 6.08. The van der Waals surface area contributed by atoms with E-state index in [4.69, 9.17) is 10.7 Å². The maximum absolute atomic E-state index is 11.4. The van der Waals surface area contributed by atoms with E-state index < -0.39 is 0 Å². The number of carbonyl (C=O) groups is 1. The molecule has 0 aromatic rings. The average Bonchev–Trinajstić information content (AvgIpc) is 2.88. The quantitative estimate of drug-likeness (QED) is 0.797. The summed E-state index contributed by atoms with van der Waals surface area (Å²) in [7, 11) is 0. The average molecular weight is 276 g/mol. The Morgan fingerprint density at radius 1 is 1.25 bits per heavy atom. The predicted octanol–water partition coefficient (Wildman–Crippen LogP) is 3.63. The third-order valence-electron chi connectivity index (χ3n) is 4.87. The summed E-state index contributed by atoms with van der Waals surface area (Å²) in [6.45, 7) is 4.81. The molecule has 20 heavy (non-hydrogen) atoms. The first-order valence-electron chi connectivity index (χ1n) is 8.11. The van der Waals surface area contributed by atoms with E-state index in [0.717, 1.165) is 48.9 Å². The van der Waals surface area contributed by atoms with Crippen LogP contribution < -0.4 is 5.73 Å². The highest BCUT2D eigenvalue weighted by Gasteiger charge is 2.21. The monoisotopic (exact) mass is 276 g/mol. The van der Waals surface area contributed by atoms with Crippen molar-refractivity contribution in [1.29, 1.82) is 0 Å². The molecule has 0 aromatic heterocycles. The minimum atomic E-state index is -0.0177. The number of hydrogen-bond acceptors (Lipinski definition) is 3. The summed E-state index contributed by atoms with van der Waals surface area (Å²) in [4.78, 5) is 16.1. The van der Waals surface area contributed by atoms with E-state index >= 15 is 0 Å². The van der Waals surface area contributed by atoms with Gasteiger partial charge < -0.3 is 5.73 Å². The van der Waals surface area contributed by atoms with Crippen molar-refractivity contribution in [2.75, 3.05) is 6.54 Å². The maximum Gasteiger partial charge on any atom is 0.175 e. The van der Waals surface area contributed by atoms with Gasteiger partial charge in [0.2, 0.25) is 0 Å². The molecule has 0 heterocycles.